The van der Waals surface area contributed by atoms with Crippen molar-refractivity contribution in [1.82, 2.24) is 9.55 Å². The maximum absolute atomic E-state index is 11.9. The number of nitrogens with two attached hydrogens (primary N) is 1. The van der Waals surface area contributed by atoms with Gasteiger partial charge in [-0.05, 0) is 31.5 Å². The van der Waals surface area contributed by atoms with Gasteiger partial charge in [0.25, 0.3) is 5.56 Å². The van der Waals surface area contributed by atoms with Gasteiger partial charge in [-0.25, -0.2) is 4.98 Å². The summed E-state index contributed by atoms with van der Waals surface area (Å²) in [6, 6.07) is 6.74. The number of anilines is 2. The number of hydrogen-bond acceptors (Lipinski definition) is 4. The van der Waals surface area contributed by atoms with Gasteiger partial charge < -0.3 is 11.1 Å². The predicted molar refractivity (Wildman–Crippen MR) is 77.5 cm³/mol. The van der Waals surface area contributed by atoms with Gasteiger partial charge in [-0.15, -0.1) is 0 Å². The quantitative estimate of drug-likeness (QED) is 0.818. The maximum Gasteiger partial charge on any atom is 0.253 e. The number of amides is 1. The molecular formula is C14H16N4O2. The van der Waals surface area contributed by atoms with E-state index in [-0.39, 0.29) is 18.0 Å². The third-order valence-corrected chi connectivity index (χ3v) is 2.81. The number of rotatable bonds is 3. The third kappa shape index (κ3) is 3.23. The molecule has 20 heavy (non-hydrogen) atoms. The van der Waals surface area contributed by atoms with Crippen LogP contribution in [0.25, 0.3) is 0 Å². The number of nitrogens with zero attached hydrogens (tertiary/aromatic N) is 2. The summed E-state index contributed by atoms with van der Waals surface area (Å²) < 4.78 is 1.24. The molecule has 0 saturated carbocycles. The molecule has 3 N–H and O–H groups in total. The lowest BCUT2D eigenvalue weighted by atomic mass is 10.2. The van der Waals surface area contributed by atoms with E-state index in [1.54, 1.807) is 19.1 Å². The molecule has 6 heteroatoms. The Bertz CT molecular complexity index is 707. The van der Waals surface area contributed by atoms with Crippen LogP contribution in [0.15, 0.2) is 35.4 Å². The summed E-state index contributed by atoms with van der Waals surface area (Å²) in [6.45, 7) is 3.54. The van der Waals surface area contributed by atoms with Crippen LogP contribution in [0.5, 0.6) is 0 Å². The van der Waals surface area contributed by atoms with Crippen molar-refractivity contribution in [2.45, 2.75) is 20.4 Å². The summed E-state index contributed by atoms with van der Waals surface area (Å²) in [7, 11) is 0. The first-order chi connectivity index (χ1) is 9.45. The van der Waals surface area contributed by atoms with Gasteiger partial charge in [0.05, 0.1) is 17.7 Å². The molecule has 1 amide bonds. The minimum Gasteiger partial charge on any atom is -0.397 e. The zero-order chi connectivity index (χ0) is 14.7. The summed E-state index contributed by atoms with van der Waals surface area (Å²) in [5.41, 5.74) is 8.22. The lowest BCUT2D eigenvalue weighted by Crippen LogP contribution is -2.27. The fraction of sp³-hybridized carbons (Fsp3) is 0.214. The van der Waals surface area contributed by atoms with Gasteiger partial charge in [-0.1, -0.05) is 6.07 Å². The largest absolute Gasteiger partial charge is 0.397 e. The summed E-state index contributed by atoms with van der Waals surface area (Å²) in [4.78, 5) is 27.5. The molecule has 1 aromatic carbocycles. The highest BCUT2D eigenvalue weighted by Crippen LogP contribution is 2.19. The van der Waals surface area contributed by atoms with Crippen LogP contribution in [-0.4, -0.2) is 15.5 Å². The molecule has 0 atom stereocenters. The van der Waals surface area contributed by atoms with Crippen LogP contribution in [0, 0.1) is 13.8 Å². The molecule has 0 aliphatic rings. The van der Waals surface area contributed by atoms with Gasteiger partial charge in [0.2, 0.25) is 5.91 Å². The topological polar surface area (TPSA) is 90.0 Å². The summed E-state index contributed by atoms with van der Waals surface area (Å²) in [5, 5.41) is 2.68. The summed E-state index contributed by atoms with van der Waals surface area (Å²) in [5.74, 6) is -0.326. The predicted octanol–water partition coefficient (Wildman–Crippen LogP) is 1.08. The average Bonchev–Trinajstić information content (AvgIpc) is 2.36. The molecule has 0 fully saturated rings. The summed E-state index contributed by atoms with van der Waals surface area (Å²) >= 11 is 0. The molecule has 0 radical (unpaired) electrons. The number of carbonyl (C=O) groups excluding carboxylic acids is 1. The van der Waals surface area contributed by atoms with Crippen molar-refractivity contribution in [2.75, 3.05) is 11.1 Å². The van der Waals surface area contributed by atoms with Crippen molar-refractivity contribution < 1.29 is 4.79 Å². The first-order valence-electron chi connectivity index (χ1n) is 6.15. The first-order valence-corrected chi connectivity index (χ1v) is 6.15. The van der Waals surface area contributed by atoms with Crippen molar-refractivity contribution in [3.8, 4) is 0 Å². The zero-order valence-electron chi connectivity index (χ0n) is 11.4. The van der Waals surface area contributed by atoms with E-state index in [0.29, 0.717) is 17.1 Å². The number of nitrogens with one attached hydrogen (secondary N) is 1. The Hall–Kier alpha value is -2.63. The van der Waals surface area contributed by atoms with E-state index in [1.807, 2.05) is 13.0 Å². The Morgan fingerprint density at radius 3 is 2.75 bits per heavy atom. The number of aromatic nitrogens is 2. The lowest BCUT2D eigenvalue weighted by Gasteiger charge is -2.10. The van der Waals surface area contributed by atoms with Crippen molar-refractivity contribution in [3.63, 3.8) is 0 Å². The first kappa shape index (κ1) is 13.8. The highest BCUT2D eigenvalue weighted by molar-refractivity contribution is 5.93. The van der Waals surface area contributed by atoms with Gasteiger partial charge in [0.15, 0.2) is 0 Å². The van der Waals surface area contributed by atoms with Crippen LogP contribution >= 0.6 is 0 Å². The standard InChI is InChI=1S/C14H16N4O2/c1-9-3-4-12(11(15)5-9)17-13(19)7-18-8-16-10(2)6-14(18)20/h3-6,8H,7,15H2,1-2H3,(H,17,19). The minimum absolute atomic E-state index is 0.0978. The second-order valence-corrected chi connectivity index (χ2v) is 4.64. The molecule has 0 unspecified atom stereocenters. The van der Waals surface area contributed by atoms with Crippen LogP contribution in [-0.2, 0) is 11.3 Å². The van der Waals surface area contributed by atoms with E-state index >= 15 is 0 Å². The molecule has 0 aliphatic heterocycles. The molecule has 6 nitrogen and oxygen atoms in total. The second kappa shape index (κ2) is 5.56. The van der Waals surface area contributed by atoms with Gasteiger partial charge >= 0.3 is 0 Å². The molecular weight excluding hydrogens is 256 g/mol. The second-order valence-electron chi connectivity index (χ2n) is 4.64. The number of nitrogen functional groups attached to an aromatic ring is 1. The number of aryl methyl sites for hydroxylation is 2. The van der Waals surface area contributed by atoms with Gasteiger partial charge in [0, 0.05) is 11.8 Å². The number of benzene rings is 1. The fourth-order valence-electron chi connectivity index (χ4n) is 1.78. The smallest absolute Gasteiger partial charge is 0.253 e. The normalized spacial score (nSPS) is 10.3. The van der Waals surface area contributed by atoms with E-state index in [0.717, 1.165) is 5.56 Å². The number of carbonyl (C=O) groups is 1. The van der Waals surface area contributed by atoms with Crippen molar-refractivity contribution in [3.05, 3.63) is 52.2 Å². The molecule has 104 valence electrons. The van der Waals surface area contributed by atoms with Crippen LogP contribution in [0.2, 0.25) is 0 Å². The molecule has 0 bridgehead atoms. The molecule has 0 spiro atoms. The van der Waals surface area contributed by atoms with Crippen LogP contribution < -0.4 is 16.6 Å². The van der Waals surface area contributed by atoms with Crippen LogP contribution in [0.1, 0.15) is 11.3 Å². The van der Waals surface area contributed by atoms with Crippen molar-refractivity contribution >= 4 is 17.3 Å². The van der Waals surface area contributed by atoms with Gasteiger partial charge in [-0.3, -0.25) is 14.2 Å². The third-order valence-electron chi connectivity index (χ3n) is 2.81. The SMILES string of the molecule is Cc1ccc(NC(=O)Cn2cnc(C)cc2=O)c(N)c1. The Kier molecular flexibility index (Phi) is 3.84. The molecule has 1 heterocycles. The Labute approximate surface area is 116 Å². The minimum atomic E-state index is -0.326. The van der Waals surface area contributed by atoms with E-state index < -0.39 is 0 Å². The maximum atomic E-state index is 11.9. The highest BCUT2D eigenvalue weighted by Gasteiger charge is 2.07. The lowest BCUT2D eigenvalue weighted by molar-refractivity contribution is -0.116. The Morgan fingerprint density at radius 1 is 1.35 bits per heavy atom. The molecule has 2 aromatic rings. The van der Waals surface area contributed by atoms with E-state index in [1.165, 1.54) is 17.0 Å². The monoisotopic (exact) mass is 272 g/mol. The summed E-state index contributed by atoms with van der Waals surface area (Å²) in [6.07, 6.45) is 1.36. The van der Waals surface area contributed by atoms with E-state index in [9.17, 15) is 9.59 Å². The molecule has 2 rings (SSSR count). The average molecular weight is 272 g/mol. The van der Waals surface area contributed by atoms with E-state index in [4.69, 9.17) is 5.73 Å². The fourth-order valence-corrected chi connectivity index (χ4v) is 1.78. The molecule has 0 aliphatic carbocycles. The van der Waals surface area contributed by atoms with Crippen molar-refractivity contribution in [2.24, 2.45) is 0 Å². The Balaban J connectivity index is 2.11. The Morgan fingerprint density at radius 2 is 2.10 bits per heavy atom. The number of hydrogen-bond donors (Lipinski definition) is 2. The highest BCUT2D eigenvalue weighted by atomic mass is 16.2. The van der Waals surface area contributed by atoms with Gasteiger partial charge in [0.1, 0.15) is 6.54 Å². The zero-order valence-corrected chi connectivity index (χ0v) is 11.4. The molecule has 1 aromatic heterocycles. The van der Waals surface area contributed by atoms with Crippen LogP contribution in [0.3, 0.4) is 0 Å². The van der Waals surface area contributed by atoms with Crippen LogP contribution in [0.4, 0.5) is 11.4 Å². The van der Waals surface area contributed by atoms with E-state index in [2.05, 4.69) is 10.3 Å². The molecule has 0 saturated heterocycles. The van der Waals surface area contributed by atoms with Crippen molar-refractivity contribution in [1.29, 1.82) is 0 Å². The van der Waals surface area contributed by atoms with Gasteiger partial charge in [-0.2, -0.15) is 0 Å².